The van der Waals surface area contributed by atoms with Gasteiger partial charge in [0.15, 0.2) is 5.78 Å². The topological polar surface area (TPSA) is 76.7 Å². The molecule has 5 heteroatoms. The van der Waals surface area contributed by atoms with Gasteiger partial charge in [0.1, 0.15) is 28.2 Å². The van der Waals surface area contributed by atoms with Crippen LogP contribution in [0.1, 0.15) is 69.4 Å². The average molecular weight is 396 g/mol. The number of fused-ring (bicyclic) bond motifs is 2. The van der Waals surface area contributed by atoms with Gasteiger partial charge >= 0.3 is 5.63 Å². The van der Waals surface area contributed by atoms with Crippen LogP contribution in [0.3, 0.4) is 0 Å². The number of benzene rings is 1. The molecule has 1 aliphatic rings. The van der Waals surface area contributed by atoms with Crippen molar-refractivity contribution in [1.82, 2.24) is 0 Å². The van der Waals surface area contributed by atoms with Crippen molar-refractivity contribution < 1.29 is 19.1 Å². The van der Waals surface area contributed by atoms with E-state index in [0.29, 0.717) is 16.5 Å². The number of Topliss-reactive ketones (excluding diaryl/α,β-unsaturated/α-hetero) is 1. The van der Waals surface area contributed by atoms with E-state index in [0.717, 1.165) is 0 Å². The highest BCUT2D eigenvalue weighted by atomic mass is 16.5. The number of carbonyl (C=O) groups is 1. The summed E-state index contributed by atoms with van der Waals surface area (Å²) in [5.41, 5.74) is -1.43. The van der Waals surface area contributed by atoms with Crippen molar-refractivity contribution in [1.29, 1.82) is 0 Å². The van der Waals surface area contributed by atoms with Crippen molar-refractivity contribution in [3.05, 3.63) is 58.5 Å². The first-order valence-corrected chi connectivity index (χ1v) is 9.63. The van der Waals surface area contributed by atoms with E-state index in [1.54, 1.807) is 18.2 Å². The van der Waals surface area contributed by atoms with Crippen molar-refractivity contribution in [3.8, 4) is 11.5 Å². The Labute approximate surface area is 170 Å². The summed E-state index contributed by atoms with van der Waals surface area (Å²) < 4.78 is 11.9. The first kappa shape index (κ1) is 20.9. The third-order valence-electron chi connectivity index (χ3n) is 5.72. The van der Waals surface area contributed by atoms with E-state index in [1.165, 1.54) is 0 Å². The molecule has 0 saturated carbocycles. The second kappa shape index (κ2) is 6.34. The van der Waals surface area contributed by atoms with Gasteiger partial charge < -0.3 is 14.3 Å². The number of allylic oxidation sites excluding steroid dienone is 2. The van der Waals surface area contributed by atoms with Crippen LogP contribution >= 0.6 is 0 Å². The third kappa shape index (κ3) is 3.18. The number of hydrogen-bond acceptors (Lipinski definition) is 5. The minimum Gasteiger partial charge on any atom is -0.506 e. The van der Waals surface area contributed by atoms with Crippen LogP contribution < -0.4 is 10.4 Å². The quantitative estimate of drug-likeness (QED) is 0.570. The van der Waals surface area contributed by atoms with Crippen LogP contribution in [-0.4, -0.2) is 16.5 Å². The molecular weight excluding hydrogens is 368 g/mol. The maximum absolute atomic E-state index is 13.0. The van der Waals surface area contributed by atoms with Crippen LogP contribution in [0.2, 0.25) is 0 Å². The Balaban J connectivity index is 2.57. The summed E-state index contributed by atoms with van der Waals surface area (Å²) in [5, 5.41) is 11.3. The lowest BCUT2D eigenvalue weighted by atomic mass is 9.78. The molecule has 5 nitrogen and oxygen atoms in total. The summed E-state index contributed by atoms with van der Waals surface area (Å²) in [6.45, 7) is 18.8. The van der Waals surface area contributed by atoms with Gasteiger partial charge in [0, 0.05) is 22.0 Å². The highest BCUT2D eigenvalue weighted by Crippen LogP contribution is 2.50. The molecule has 1 N–H and O–H groups in total. The predicted molar refractivity (Wildman–Crippen MR) is 114 cm³/mol. The Bertz CT molecular complexity index is 1110. The molecule has 154 valence electrons. The van der Waals surface area contributed by atoms with Crippen LogP contribution in [0.4, 0.5) is 0 Å². The van der Waals surface area contributed by atoms with Crippen LogP contribution in [0.15, 0.2) is 40.6 Å². The number of ketones is 1. The summed E-state index contributed by atoms with van der Waals surface area (Å²) in [5.74, 6) is -0.198. The molecule has 0 unspecified atom stereocenters. The highest BCUT2D eigenvalue weighted by molar-refractivity contribution is 6.09. The normalized spacial score (nSPS) is 16.3. The van der Waals surface area contributed by atoms with Crippen LogP contribution in [0.5, 0.6) is 11.5 Å². The zero-order valence-electron chi connectivity index (χ0n) is 17.9. The Morgan fingerprint density at radius 2 is 1.69 bits per heavy atom. The monoisotopic (exact) mass is 396 g/mol. The molecule has 0 fully saturated rings. The van der Waals surface area contributed by atoms with Crippen molar-refractivity contribution in [2.45, 2.75) is 64.4 Å². The summed E-state index contributed by atoms with van der Waals surface area (Å²) >= 11 is 0. The zero-order chi connectivity index (χ0) is 21.9. The predicted octanol–water partition coefficient (Wildman–Crippen LogP) is 5.17. The smallest absolute Gasteiger partial charge is 0.340 e. The molecule has 2 heterocycles. The molecule has 0 atom stereocenters. The van der Waals surface area contributed by atoms with E-state index in [9.17, 15) is 14.7 Å². The molecule has 1 aliphatic heterocycles. The standard InChI is InChI=1S/C24H28O5/c1-9-22(3,4)14-11-13-18(26)16-15(25)12-24(7,8)29-20(16)17(23(5,6)10-2)19(13)28-21(14)27/h9-11,26H,1-2,12H2,3-8H3. The molecule has 2 aromatic rings. The molecule has 3 rings (SSSR count). The lowest BCUT2D eigenvalue weighted by molar-refractivity contribution is 0.0605. The van der Waals surface area contributed by atoms with E-state index in [1.807, 2.05) is 41.5 Å². The molecule has 1 aromatic carbocycles. The largest absolute Gasteiger partial charge is 0.506 e. The number of hydrogen-bond donors (Lipinski definition) is 1. The number of ether oxygens (including phenoxy) is 1. The fourth-order valence-corrected chi connectivity index (χ4v) is 3.70. The number of phenolic OH excluding ortho intramolecular Hbond substituents is 1. The third-order valence-corrected chi connectivity index (χ3v) is 5.72. The second-order valence-corrected chi connectivity index (χ2v) is 9.43. The van der Waals surface area contributed by atoms with E-state index in [2.05, 4.69) is 13.2 Å². The van der Waals surface area contributed by atoms with E-state index in [-0.39, 0.29) is 34.8 Å². The summed E-state index contributed by atoms with van der Waals surface area (Å²) in [7, 11) is 0. The number of rotatable bonds is 4. The van der Waals surface area contributed by atoms with Crippen LogP contribution in [0, 0.1) is 0 Å². The molecule has 0 amide bonds. The molecule has 0 spiro atoms. The van der Waals surface area contributed by atoms with Crippen molar-refractivity contribution in [3.63, 3.8) is 0 Å². The van der Waals surface area contributed by atoms with Gasteiger partial charge in [0.25, 0.3) is 0 Å². The lowest BCUT2D eigenvalue weighted by Gasteiger charge is -2.36. The fraction of sp³-hybridized carbons (Fsp3) is 0.417. The van der Waals surface area contributed by atoms with Crippen LogP contribution in [-0.2, 0) is 10.8 Å². The Morgan fingerprint density at radius 1 is 1.10 bits per heavy atom. The molecule has 0 saturated heterocycles. The van der Waals surface area contributed by atoms with Gasteiger partial charge in [-0.25, -0.2) is 4.79 Å². The molecule has 0 radical (unpaired) electrons. The molecular formula is C24H28O5. The zero-order valence-corrected chi connectivity index (χ0v) is 17.9. The van der Waals surface area contributed by atoms with Gasteiger partial charge in [-0.05, 0) is 19.9 Å². The minimum atomic E-state index is -0.749. The second-order valence-electron chi connectivity index (χ2n) is 9.43. The van der Waals surface area contributed by atoms with Crippen molar-refractivity contribution in [2.75, 3.05) is 0 Å². The summed E-state index contributed by atoms with van der Waals surface area (Å²) in [4.78, 5) is 25.8. The van der Waals surface area contributed by atoms with Gasteiger partial charge in [0.2, 0.25) is 0 Å². The SMILES string of the molecule is C=CC(C)(C)c1cc2c(O)c3c(c(C(C)(C)C=C)c2oc1=O)OC(C)(C)CC3=O. The maximum atomic E-state index is 13.0. The van der Waals surface area contributed by atoms with Crippen LogP contribution in [0.25, 0.3) is 11.0 Å². The minimum absolute atomic E-state index is 0.123. The van der Waals surface area contributed by atoms with Gasteiger partial charge in [-0.3, -0.25) is 4.79 Å². The molecule has 0 aliphatic carbocycles. The first-order valence-electron chi connectivity index (χ1n) is 9.63. The summed E-state index contributed by atoms with van der Waals surface area (Å²) in [6, 6.07) is 1.59. The lowest BCUT2D eigenvalue weighted by Crippen LogP contribution is -2.37. The number of aromatic hydroxyl groups is 1. The fourth-order valence-electron chi connectivity index (χ4n) is 3.70. The Hall–Kier alpha value is -2.82. The van der Waals surface area contributed by atoms with Gasteiger partial charge in [0.05, 0.1) is 11.8 Å². The molecule has 1 aromatic heterocycles. The number of phenols is 1. The summed E-state index contributed by atoms with van der Waals surface area (Å²) in [6.07, 6.45) is 3.48. The van der Waals surface area contributed by atoms with E-state index in [4.69, 9.17) is 9.15 Å². The molecule has 0 bridgehead atoms. The van der Waals surface area contributed by atoms with Gasteiger partial charge in [-0.2, -0.15) is 0 Å². The van der Waals surface area contributed by atoms with E-state index >= 15 is 0 Å². The van der Waals surface area contributed by atoms with Crippen molar-refractivity contribution >= 4 is 16.8 Å². The number of carbonyl (C=O) groups excluding carboxylic acids is 1. The maximum Gasteiger partial charge on any atom is 0.340 e. The average Bonchev–Trinajstić information content (AvgIpc) is 2.59. The highest BCUT2D eigenvalue weighted by Gasteiger charge is 2.41. The Morgan fingerprint density at radius 3 is 2.24 bits per heavy atom. The van der Waals surface area contributed by atoms with Crippen molar-refractivity contribution in [2.24, 2.45) is 0 Å². The molecule has 29 heavy (non-hydrogen) atoms. The first-order chi connectivity index (χ1) is 13.3. The van der Waals surface area contributed by atoms with Gasteiger partial charge in [-0.1, -0.05) is 39.8 Å². The Kier molecular flexibility index (Phi) is 4.57. The van der Waals surface area contributed by atoms with Gasteiger partial charge in [-0.15, -0.1) is 13.2 Å². The van der Waals surface area contributed by atoms with E-state index < -0.39 is 22.1 Å².